The number of esters is 2. The number of carbonyl (C=O) groups is 2. The van der Waals surface area contributed by atoms with Gasteiger partial charge in [-0.3, -0.25) is 0 Å². The van der Waals surface area contributed by atoms with E-state index in [1.165, 1.54) is 0 Å². The monoisotopic (exact) mass is 354 g/mol. The van der Waals surface area contributed by atoms with Crippen molar-refractivity contribution in [3.8, 4) is 0 Å². The first-order valence-corrected chi connectivity index (χ1v) is 8.85. The summed E-state index contributed by atoms with van der Waals surface area (Å²) in [5, 5.41) is 0. The van der Waals surface area contributed by atoms with Crippen LogP contribution in [0.4, 0.5) is 0 Å². The number of hydrogen-bond donors (Lipinski definition) is 0. The summed E-state index contributed by atoms with van der Waals surface area (Å²) < 4.78 is 11.3. The predicted octanol–water partition coefficient (Wildman–Crippen LogP) is 4.75. The average Bonchev–Trinajstić information content (AvgIpc) is 2.66. The van der Waals surface area contributed by atoms with Crippen LogP contribution in [0.25, 0.3) is 0 Å². The highest BCUT2D eigenvalue weighted by atomic mass is 16.6. The number of hydrogen-bond acceptors (Lipinski definition) is 4. The number of ether oxygens (including phenoxy) is 2. The summed E-state index contributed by atoms with van der Waals surface area (Å²) in [5.74, 6) is -0.857. The van der Waals surface area contributed by atoms with Gasteiger partial charge in [0.05, 0.1) is 17.7 Å². The standard InChI is InChI=1S/C22H26O4/c1-16(2)22(4,26-21(24)19-13-9-6-10-14-19)17(3)15-25-20(23)18-11-7-5-8-12-18/h5-14,16-17H,15H2,1-4H3. The Morgan fingerprint density at radius 2 is 1.31 bits per heavy atom. The van der Waals surface area contributed by atoms with Crippen molar-refractivity contribution in [3.63, 3.8) is 0 Å². The first-order chi connectivity index (χ1) is 12.3. The third kappa shape index (κ3) is 4.72. The Morgan fingerprint density at radius 1 is 0.846 bits per heavy atom. The lowest BCUT2D eigenvalue weighted by Crippen LogP contribution is -2.45. The van der Waals surface area contributed by atoms with Crippen LogP contribution in [0.1, 0.15) is 48.4 Å². The summed E-state index contributed by atoms with van der Waals surface area (Å²) in [6, 6.07) is 17.8. The molecule has 0 N–H and O–H groups in total. The third-order valence-corrected chi connectivity index (χ3v) is 4.92. The van der Waals surface area contributed by atoms with Crippen LogP contribution < -0.4 is 0 Å². The first kappa shape index (κ1) is 19.7. The summed E-state index contributed by atoms with van der Waals surface area (Å²) in [7, 11) is 0. The SMILES string of the molecule is CC(C)C(C)(OC(=O)c1ccccc1)C(C)COC(=O)c1ccccc1. The van der Waals surface area contributed by atoms with E-state index in [9.17, 15) is 9.59 Å². The summed E-state index contributed by atoms with van der Waals surface area (Å²) >= 11 is 0. The van der Waals surface area contributed by atoms with E-state index < -0.39 is 5.60 Å². The second kappa shape index (κ2) is 8.65. The Balaban J connectivity index is 2.05. The lowest BCUT2D eigenvalue weighted by atomic mass is 9.81. The van der Waals surface area contributed by atoms with Crippen LogP contribution in [-0.2, 0) is 9.47 Å². The molecule has 0 radical (unpaired) electrons. The van der Waals surface area contributed by atoms with E-state index in [1.807, 2.05) is 39.8 Å². The van der Waals surface area contributed by atoms with Crippen molar-refractivity contribution in [2.45, 2.75) is 33.3 Å². The number of carbonyl (C=O) groups excluding carboxylic acids is 2. The molecule has 0 spiro atoms. The van der Waals surface area contributed by atoms with Crippen LogP contribution >= 0.6 is 0 Å². The molecule has 0 saturated carbocycles. The largest absolute Gasteiger partial charge is 0.462 e. The summed E-state index contributed by atoms with van der Waals surface area (Å²) in [4.78, 5) is 24.7. The Hall–Kier alpha value is -2.62. The number of benzene rings is 2. The quantitative estimate of drug-likeness (QED) is 0.673. The Kier molecular flexibility index (Phi) is 6.56. The Morgan fingerprint density at radius 3 is 1.77 bits per heavy atom. The summed E-state index contributed by atoms with van der Waals surface area (Å²) in [6.07, 6.45) is 0. The Bertz CT molecular complexity index is 724. The second-order valence-corrected chi connectivity index (χ2v) is 6.96. The van der Waals surface area contributed by atoms with Crippen LogP contribution in [0.3, 0.4) is 0 Å². The number of rotatable bonds is 7. The molecule has 2 aromatic carbocycles. The smallest absolute Gasteiger partial charge is 0.338 e. The van der Waals surface area contributed by atoms with Crippen molar-refractivity contribution in [1.29, 1.82) is 0 Å². The van der Waals surface area contributed by atoms with E-state index in [0.717, 1.165) is 0 Å². The maximum absolute atomic E-state index is 12.5. The molecule has 0 aromatic heterocycles. The van der Waals surface area contributed by atoms with E-state index in [4.69, 9.17) is 9.47 Å². The van der Waals surface area contributed by atoms with Crippen molar-refractivity contribution in [2.24, 2.45) is 11.8 Å². The van der Waals surface area contributed by atoms with Gasteiger partial charge in [0, 0.05) is 5.92 Å². The fraction of sp³-hybridized carbons (Fsp3) is 0.364. The van der Waals surface area contributed by atoms with Crippen LogP contribution in [-0.4, -0.2) is 24.1 Å². The minimum Gasteiger partial charge on any atom is -0.462 e. The van der Waals surface area contributed by atoms with Crippen molar-refractivity contribution in [1.82, 2.24) is 0 Å². The molecule has 2 unspecified atom stereocenters. The molecule has 26 heavy (non-hydrogen) atoms. The van der Waals surface area contributed by atoms with Crippen LogP contribution in [0.5, 0.6) is 0 Å². The molecule has 4 nitrogen and oxygen atoms in total. The molecule has 138 valence electrons. The van der Waals surface area contributed by atoms with E-state index in [2.05, 4.69) is 0 Å². The molecule has 2 rings (SSSR count). The van der Waals surface area contributed by atoms with Gasteiger partial charge in [0.2, 0.25) is 0 Å². The molecule has 0 heterocycles. The zero-order valence-corrected chi connectivity index (χ0v) is 15.8. The molecule has 2 aromatic rings. The van der Waals surface area contributed by atoms with Crippen LogP contribution in [0, 0.1) is 11.8 Å². The predicted molar refractivity (Wildman–Crippen MR) is 101 cm³/mol. The zero-order chi connectivity index (χ0) is 19.2. The van der Waals surface area contributed by atoms with Gasteiger partial charge in [-0.25, -0.2) is 9.59 Å². The van der Waals surface area contributed by atoms with Gasteiger partial charge in [-0.2, -0.15) is 0 Å². The molecule has 0 aliphatic heterocycles. The average molecular weight is 354 g/mol. The van der Waals surface area contributed by atoms with E-state index in [0.29, 0.717) is 11.1 Å². The molecule has 0 fully saturated rings. The van der Waals surface area contributed by atoms with Crippen LogP contribution in [0.2, 0.25) is 0 Å². The van der Waals surface area contributed by atoms with Gasteiger partial charge in [-0.05, 0) is 37.1 Å². The third-order valence-electron chi connectivity index (χ3n) is 4.92. The van der Waals surface area contributed by atoms with Gasteiger partial charge in [0.15, 0.2) is 0 Å². The molecule has 0 aliphatic carbocycles. The fourth-order valence-corrected chi connectivity index (χ4v) is 2.64. The molecule has 0 amide bonds. The van der Waals surface area contributed by atoms with Gasteiger partial charge in [-0.15, -0.1) is 0 Å². The highest BCUT2D eigenvalue weighted by molar-refractivity contribution is 5.90. The fourth-order valence-electron chi connectivity index (χ4n) is 2.64. The van der Waals surface area contributed by atoms with Crippen molar-refractivity contribution < 1.29 is 19.1 Å². The highest BCUT2D eigenvalue weighted by Gasteiger charge is 2.39. The first-order valence-electron chi connectivity index (χ1n) is 8.85. The van der Waals surface area contributed by atoms with Gasteiger partial charge >= 0.3 is 11.9 Å². The topological polar surface area (TPSA) is 52.6 Å². The molecule has 0 aliphatic rings. The van der Waals surface area contributed by atoms with Crippen molar-refractivity contribution in [3.05, 3.63) is 71.8 Å². The van der Waals surface area contributed by atoms with Gasteiger partial charge < -0.3 is 9.47 Å². The molecule has 0 saturated heterocycles. The maximum Gasteiger partial charge on any atom is 0.338 e. The van der Waals surface area contributed by atoms with Crippen molar-refractivity contribution >= 4 is 11.9 Å². The summed E-state index contributed by atoms with van der Waals surface area (Å²) in [5.41, 5.74) is 0.254. The molecule has 0 bridgehead atoms. The molecular formula is C22H26O4. The van der Waals surface area contributed by atoms with Crippen molar-refractivity contribution in [2.75, 3.05) is 6.61 Å². The lowest BCUT2D eigenvalue weighted by molar-refractivity contribution is -0.0773. The maximum atomic E-state index is 12.5. The van der Waals surface area contributed by atoms with Gasteiger partial charge in [0.25, 0.3) is 0 Å². The van der Waals surface area contributed by atoms with Gasteiger partial charge in [-0.1, -0.05) is 57.2 Å². The highest BCUT2D eigenvalue weighted by Crippen LogP contribution is 2.31. The zero-order valence-electron chi connectivity index (χ0n) is 15.8. The van der Waals surface area contributed by atoms with E-state index in [-0.39, 0.29) is 30.4 Å². The minimum atomic E-state index is -0.760. The minimum absolute atomic E-state index is 0.0561. The molecular weight excluding hydrogens is 328 g/mol. The Labute approximate surface area is 155 Å². The molecule has 2 atom stereocenters. The van der Waals surface area contributed by atoms with E-state index in [1.54, 1.807) is 48.5 Å². The second-order valence-electron chi connectivity index (χ2n) is 6.96. The normalized spacial score (nSPS) is 14.3. The summed E-state index contributed by atoms with van der Waals surface area (Å²) in [6.45, 7) is 7.97. The molecule has 4 heteroatoms. The van der Waals surface area contributed by atoms with Gasteiger partial charge in [0.1, 0.15) is 5.60 Å². The van der Waals surface area contributed by atoms with Crippen LogP contribution in [0.15, 0.2) is 60.7 Å². The van der Waals surface area contributed by atoms with E-state index >= 15 is 0 Å². The lowest BCUT2D eigenvalue weighted by Gasteiger charge is -2.38.